The fourth-order valence-electron chi connectivity index (χ4n) is 1.58. The average molecular weight is 272 g/mol. The van der Waals surface area contributed by atoms with Crippen LogP contribution in [0.4, 0.5) is 0 Å². The van der Waals surface area contributed by atoms with Gasteiger partial charge in [-0.15, -0.1) is 22.7 Å². The molecular weight excluding hydrogens is 258 g/mol. The van der Waals surface area contributed by atoms with E-state index in [-0.39, 0.29) is 0 Å². The molecule has 0 amide bonds. The minimum Gasteiger partial charge on any atom is -0.307 e. The summed E-state index contributed by atoms with van der Waals surface area (Å²) in [5, 5.41) is 5.62. The summed E-state index contributed by atoms with van der Waals surface area (Å²) in [5.74, 6) is 0. The second-order valence-electron chi connectivity index (χ2n) is 3.53. The SMILES string of the molecule is CCc1ccsc1CNCc1ccc(Cl)s1. The molecule has 0 aromatic carbocycles. The third-order valence-electron chi connectivity index (χ3n) is 2.43. The lowest BCUT2D eigenvalue weighted by molar-refractivity contribution is 0.704. The van der Waals surface area contributed by atoms with Crippen molar-refractivity contribution in [2.24, 2.45) is 0 Å². The molecule has 86 valence electrons. The maximum Gasteiger partial charge on any atom is 0.0931 e. The van der Waals surface area contributed by atoms with Crippen molar-refractivity contribution in [1.29, 1.82) is 0 Å². The number of thiophene rings is 2. The maximum absolute atomic E-state index is 5.88. The molecule has 16 heavy (non-hydrogen) atoms. The number of nitrogens with one attached hydrogen (secondary N) is 1. The van der Waals surface area contributed by atoms with Gasteiger partial charge >= 0.3 is 0 Å². The number of halogens is 1. The van der Waals surface area contributed by atoms with E-state index in [1.165, 1.54) is 15.3 Å². The Labute approximate surface area is 109 Å². The van der Waals surface area contributed by atoms with Crippen molar-refractivity contribution >= 4 is 34.3 Å². The van der Waals surface area contributed by atoms with Gasteiger partial charge in [-0.3, -0.25) is 0 Å². The third kappa shape index (κ3) is 3.08. The monoisotopic (exact) mass is 271 g/mol. The molecule has 2 heterocycles. The van der Waals surface area contributed by atoms with Crippen LogP contribution in [0.5, 0.6) is 0 Å². The highest BCUT2D eigenvalue weighted by Gasteiger charge is 2.02. The quantitative estimate of drug-likeness (QED) is 0.854. The summed E-state index contributed by atoms with van der Waals surface area (Å²) in [6.45, 7) is 4.05. The Hall–Kier alpha value is -0.350. The molecule has 1 N–H and O–H groups in total. The second-order valence-corrected chi connectivity index (χ2v) is 6.33. The average Bonchev–Trinajstić information content (AvgIpc) is 2.87. The van der Waals surface area contributed by atoms with Crippen molar-refractivity contribution in [1.82, 2.24) is 5.32 Å². The van der Waals surface area contributed by atoms with Gasteiger partial charge in [0.1, 0.15) is 0 Å². The van der Waals surface area contributed by atoms with E-state index in [9.17, 15) is 0 Å². The molecule has 0 saturated heterocycles. The summed E-state index contributed by atoms with van der Waals surface area (Å²) in [6.07, 6.45) is 1.12. The topological polar surface area (TPSA) is 12.0 Å². The van der Waals surface area contributed by atoms with Gasteiger partial charge < -0.3 is 5.32 Å². The molecule has 0 saturated carbocycles. The maximum atomic E-state index is 5.88. The summed E-state index contributed by atoms with van der Waals surface area (Å²) < 4.78 is 0.863. The van der Waals surface area contributed by atoms with Gasteiger partial charge in [0.15, 0.2) is 0 Å². The lowest BCUT2D eigenvalue weighted by Gasteiger charge is -2.03. The van der Waals surface area contributed by atoms with E-state index in [0.29, 0.717) is 0 Å². The van der Waals surface area contributed by atoms with E-state index in [1.54, 1.807) is 11.3 Å². The Kier molecular flexibility index (Phi) is 4.41. The minimum absolute atomic E-state index is 0.863. The molecule has 2 aromatic rings. The molecule has 0 bridgehead atoms. The molecule has 0 aliphatic rings. The third-order valence-corrected chi connectivity index (χ3v) is 4.63. The van der Waals surface area contributed by atoms with E-state index < -0.39 is 0 Å². The zero-order chi connectivity index (χ0) is 11.4. The molecule has 4 heteroatoms. The molecule has 0 spiro atoms. The molecular formula is C12H14ClNS2. The summed E-state index contributed by atoms with van der Waals surface area (Å²) >= 11 is 9.35. The highest BCUT2D eigenvalue weighted by molar-refractivity contribution is 7.16. The molecule has 0 aliphatic heterocycles. The number of hydrogen-bond acceptors (Lipinski definition) is 3. The first-order valence-electron chi connectivity index (χ1n) is 5.29. The Morgan fingerprint density at radius 1 is 1.25 bits per heavy atom. The molecule has 0 radical (unpaired) electrons. The fourth-order valence-corrected chi connectivity index (χ4v) is 3.59. The van der Waals surface area contributed by atoms with Crippen molar-refractivity contribution < 1.29 is 0 Å². The van der Waals surface area contributed by atoms with Crippen LogP contribution in [0.25, 0.3) is 0 Å². The van der Waals surface area contributed by atoms with E-state index in [0.717, 1.165) is 23.8 Å². The van der Waals surface area contributed by atoms with Crippen LogP contribution in [0.15, 0.2) is 23.6 Å². The zero-order valence-electron chi connectivity index (χ0n) is 9.13. The summed E-state index contributed by atoms with van der Waals surface area (Å²) in [6, 6.07) is 6.24. The first-order valence-corrected chi connectivity index (χ1v) is 7.37. The highest BCUT2D eigenvalue weighted by atomic mass is 35.5. The van der Waals surface area contributed by atoms with Gasteiger partial charge in [0.05, 0.1) is 4.34 Å². The van der Waals surface area contributed by atoms with Crippen LogP contribution in [0.2, 0.25) is 4.34 Å². The van der Waals surface area contributed by atoms with Crippen LogP contribution in [0, 0.1) is 0 Å². The first kappa shape index (κ1) is 12.1. The van der Waals surface area contributed by atoms with Crippen LogP contribution in [-0.4, -0.2) is 0 Å². The summed E-state index contributed by atoms with van der Waals surface area (Å²) in [4.78, 5) is 2.74. The Morgan fingerprint density at radius 3 is 2.81 bits per heavy atom. The molecule has 0 aliphatic carbocycles. The molecule has 0 atom stereocenters. The van der Waals surface area contributed by atoms with Crippen molar-refractivity contribution in [2.45, 2.75) is 26.4 Å². The first-order chi connectivity index (χ1) is 7.79. The summed E-state index contributed by atoms with van der Waals surface area (Å²) in [5.41, 5.74) is 1.46. The van der Waals surface area contributed by atoms with E-state index in [4.69, 9.17) is 11.6 Å². The van der Waals surface area contributed by atoms with Gasteiger partial charge in [0.25, 0.3) is 0 Å². The van der Waals surface area contributed by atoms with Crippen LogP contribution >= 0.6 is 34.3 Å². The Bertz CT molecular complexity index is 447. The smallest absolute Gasteiger partial charge is 0.0931 e. The van der Waals surface area contributed by atoms with E-state index in [2.05, 4.69) is 29.8 Å². The van der Waals surface area contributed by atoms with E-state index in [1.807, 2.05) is 17.4 Å². The molecule has 2 rings (SSSR count). The molecule has 0 unspecified atom stereocenters. The van der Waals surface area contributed by atoms with Gasteiger partial charge in [0.2, 0.25) is 0 Å². The van der Waals surface area contributed by atoms with Gasteiger partial charge in [-0.25, -0.2) is 0 Å². The minimum atomic E-state index is 0.863. The number of rotatable bonds is 5. The molecule has 1 nitrogen and oxygen atoms in total. The zero-order valence-corrected chi connectivity index (χ0v) is 11.5. The predicted octanol–water partition coefficient (Wildman–Crippen LogP) is 4.32. The standard InChI is InChI=1S/C12H14ClNS2/c1-2-9-5-6-15-11(9)8-14-7-10-3-4-12(13)16-10/h3-6,14H,2,7-8H2,1H3. The van der Waals surface area contributed by atoms with Gasteiger partial charge in [0, 0.05) is 22.8 Å². The van der Waals surface area contributed by atoms with Gasteiger partial charge in [-0.1, -0.05) is 18.5 Å². The Morgan fingerprint density at radius 2 is 2.12 bits per heavy atom. The second kappa shape index (κ2) is 5.82. The largest absolute Gasteiger partial charge is 0.307 e. The van der Waals surface area contributed by atoms with Gasteiger partial charge in [-0.05, 0) is 35.6 Å². The number of aryl methyl sites for hydroxylation is 1. The van der Waals surface area contributed by atoms with Crippen LogP contribution < -0.4 is 5.32 Å². The van der Waals surface area contributed by atoms with Crippen LogP contribution in [0.3, 0.4) is 0 Å². The molecule has 0 fully saturated rings. The van der Waals surface area contributed by atoms with Crippen molar-refractivity contribution in [3.8, 4) is 0 Å². The Balaban J connectivity index is 1.84. The van der Waals surface area contributed by atoms with Crippen LogP contribution in [0.1, 0.15) is 22.2 Å². The van der Waals surface area contributed by atoms with Crippen molar-refractivity contribution in [3.05, 3.63) is 43.2 Å². The molecule has 2 aromatic heterocycles. The number of hydrogen-bond donors (Lipinski definition) is 1. The van der Waals surface area contributed by atoms with Crippen molar-refractivity contribution in [3.63, 3.8) is 0 Å². The summed E-state index contributed by atoms with van der Waals surface area (Å²) in [7, 11) is 0. The highest BCUT2D eigenvalue weighted by Crippen LogP contribution is 2.21. The van der Waals surface area contributed by atoms with E-state index >= 15 is 0 Å². The van der Waals surface area contributed by atoms with Crippen LogP contribution in [-0.2, 0) is 19.5 Å². The lowest BCUT2D eigenvalue weighted by Crippen LogP contribution is -2.11. The van der Waals surface area contributed by atoms with Gasteiger partial charge in [-0.2, -0.15) is 0 Å². The van der Waals surface area contributed by atoms with Crippen molar-refractivity contribution in [2.75, 3.05) is 0 Å². The fraction of sp³-hybridized carbons (Fsp3) is 0.333. The normalized spacial score (nSPS) is 10.9. The predicted molar refractivity (Wildman–Crippen MR) is 73.6 cm³/mol. The lowest BCUT2D eigenvalue weighted by atomic mass is 10.2.